The highest BCUT2D eigenvalue weighted by molar-refractivity contribution is 5.95. The Labute approximate surface area is 298 Å². The van der Waals surface area contributed by atoms with Crippen LogP contribution in [0.4, 0.5) is 0 Å². The van der Waals surface area contributed by atoms with Gasteiger partial charge in [-0.15, -0.1) is 0 Å². The average molecular weight is 670 g/mol. The quantitative estimate of drug-likeness (QED) is 0.0723. The maximum atomic E-state index is 13.4. The fraction of sp³-hybridized carbons (Fsp3) is 0.818. The van der Waals surface area contributed by atoms with Crippen LogP contribution in [0.1, 0.15) is 240 Å². The molecule has 4 nitrogen and oxygen atoms in total. The van der Waals surface area contributed by atoms with Gasteiger partial charge in [-0.1, -0.05) is 206 Å². The zero-order chi connectivity index (χ0) is 34.8. The van der Waals surface area contributed by atoms with E-state index in [-0.39, 0.29) is 11.5 Å². The maximum absolute atomic E-state index is 13.4. The van der Waals surface area contributed by atoms with E-state index < -0.39 is 5.97 Å². The van der Waals surface area contributed by atoms with Crippen LogP contribution in [-0.2, 0) is 0 Å². The van der Waals surface area contributed by atoms with Crippen LogP contribution in [0.5, 0.6) is 0 Å². The molecule has 0 unspecified atom stereocenters. The lowest BCUT2D eigenvalue weighted by Crippen LogP contribution is -2.33. The second-order valence-corrected chi connectivity index (χ2v) is 14.8. The number of carbonyl (C=O) groups excluding carboxylic acids is 1. The lowest BCUT2D eigenvalue weighted by Gasteiger charge is -2.23. The van der Waals surface area contributed by atoms with E-state index in [1.54, 1.807) is 24.3 Å². The number of rotatable bonds is 36. The van der Waals surface area contributed by atoms with Crippen molar-refractivity contribution in [2.45, 2.75) is 219 Å². The van der Waals surface area contributed by atoms with Gasteiger partial charge in [0.15, 0.2) is 0 Å². The molecule has 0 fully saturated rings. The van der Waals surface area contributed by atoms with Gasteiger partial charge in [0.2, 0.25) is 0 Å². The highest BCUT2D eigenvalue weighted by atomic mass is 16.4. The van der Waals surface area contributed by atoms with Crippen LogP contribution in [0.25, 0.3) is 0 Å². The van der Waals surface area contributed by atoms with Gasteiger partial charge in [0.05, 0.1) is 5.56 Å². The Morgan fingerprint density at radius 1 is 0.396 bits per heavy atom. The molecule has 1 amide bonds. The number of carbonyl (C=O) groups is 2. The Morgan fingerprint density at radius 3 is 0.875 bits per heavy atom. The normalized spacial score (nSPS) is 11.3. The lowest BCUT2D eigenvalue weighted by molar-refractivity contribution is 0.0693. The predicted molar refractivity (Wildman–Crippen MR) is 208 cm³/mol. The maximum Gasteiger partial charge on any atom is 0.335 e. The highest BCUT2D eigenvalue weighted by Gasteiger charge is 2.16. The minimum absolute atomic E-state index is 0.0499. The predicted octanol–water partition coefficient (Wildman–Crippen LogP) is 14.3. The van der Waals surface area contributed by atoms with E-state index in [1.807, 2.05) is 4.90 Å². The van der Waals surface area contributed by atoms with Crippen molar-refractivity contribution in [1.29, 1.82) is 0 Å². The first-order chi connectivity index (χ1) is 23.6. The van der Waals surface area contributed by atoms with E-state index in [0.29, 0.717) is 5.56 Å². The number of hydrogen-bond donors (Lipinski definition) is 1. The molecule has 0 aliphatic heterocycles. The second-order valence-electron chi connectivity index (χ2n) is 14.8. The van der Waals surface area contributed by atoms with Gasteiger partial charge in [0, 0.05) is 18.7 Å². The molecule has 0 spiro atoms. The van der Waals surface area contributed by atoms with Crippen LogP contribution >= 0.6 is 0 Å². The topological polar surface area (TPSA) is 57.6 Å². The Balaban J connectivity index is 2.19. The van der Waals surface area contributed by atoms with Crippen molar-refractivity contribution in [3.05, 3.63) is 35.4 Å². The third kappa shape index (κ3) is 26.1. The lowest BCUT2D eigenvalue weighted by atomic mass is 10.0. The van der Waals surface area contributed by atoms with Crippen LogP contribution in [0, 0.1) is 0 Å². The number of hydrogen-bond acceptors (Lipinski definition) is 2. The van der Waals surface area contributed by atoms with Gasteiger partial charge in [-0.05, 0) is 37.1 Å². The van der Waals surface area contributed by atoms with E-state index in [4.69, 9.17) is 0 Å². The third-order valence-electron chi connectivity index (χ3n) is 10.2. The van der Waals surface area contributed by atoms with Crippen molar-refractivity contribution in [1.82, 2.24) is 4.90 Å². The molecule has 0 saturated carbocycles. The first-order valence-electron chi connectivity index (χ1n) is 21.2. The standard InChI is InChI=1S/C44H79NO3/c1-3-5-7-9-11-13-15-17-19-21-23-25-27-29-31-33-39-45(43(46)41-35-37-42(38-36-41)44(47)48)40-34-32-30-28-26-24-22-20-18-16-14-12-10-8-6-4-2/h35-38H,3-34,39-40H2,1-2H3,(H,47,48). The number of benzene rings is 1. The van der Waals surface area contributed by atoms with Crippen molar-refractivity contribution in [2.75, 3.05) is 13.1 Å². The Morgan fingerprint density at radius 2 is 0.625 bits per heavy atom. The summed E-state index contributed by atoms with van der Waals surface area (Å²) >= 11 is 0. The molecule has 48 heavy (non-hydrogen) atoms. The molecular weight excluding hydrogens is 590 g/mol. The van der Waals surface area contributed by atoms with E-state index in [9.17, 15) is 14.7 Å². The molecule has 0 aliphatic rings. The smallest absolute Gasteiger partial charge is 0.335 e. The molecule has 0 saturated heterocycles. The van der Waals surface area contributed by atoms with Gasteiger partial charge in [-0.3, -0.25) is 4.79 Å². The number of carboxylic acid groups (broad SMARTS) is 1. The zero-order valence-corrected chi connectivity index (χ0v) is 32.1. The number of carboxylic acids is 1. The summed E-state index contributed by atoms with van der Waals surface area (Å²) < 4.78 is 0. The Kier molecular flexibility index (Phi) is 31.0. The summed E-state index contributed by atoms with van der Waals surface area (Å²) in [5.41, 5.74) is 0.835. The molecule has 4 heteroatoms. The van der Waals surface area contributed by atoms with Crippen molar-refractivity contribution in [2.24, 2.45) is 0 Å². The summed E-state index contributed by atoms with van der Waals surface area (Å²) in [5, 5.41) is 9.25. The van der Waals surface area contributed by atoms with Crippen LogP contribution in [0.2, 0.25) is 0 Å². The van der Waals surface area contributed by atoms with Gasteiger partial charge >= 0.3 is 5.97 Å². The van der Waals surface area contributed by atoms with Crippen LogP contribution in [-0.4, -0.2) is 35.0 Å². The fourth-order valence-corrected chi connectivity index (χ4v) is 6.95. The summed E-state index contributed by atoms with van der Waals surface area (Å²) in [7, 11) is 0. The molecule has 0 heterocycles. The minimum atomic E-state index is -0.952. The molecule has 0 aliphatic carbocycles. The number of amides is 1. The largest absolute Gasteiger partial charge is 0.478 e. The first-order valence-corrected chi connectivity index (χ1v) is 21.2. The van der Waals surface area contributed by atoms with E-state index in [0.717, 1.165) is 25.9 Å². The van der Waals surface area contributed by atoms with Crippen molar-refractivity contribution in [3.8, 4) is 0 Å². The molecule has 278 valence electrons. The minimum Gasteiger partial charge on any atom is -0.478 e. The van der Waals surface area contributed by atoms with Gasteiger partial charge in [-0.2, -0.15) is 0 Å². The molecule has 0 atom stereocenters. The molecule has 0 radical (unpaired) electrons. The third-order valence-corrected chi connectivity index (χ3v) is 10.2. The van der Waals surface area contributed by atoms with Crippen molar-refractivity contribution >= 4 is 11.9 Å². The number of aromatic carboxylic acids is 1. The number of unbranched alkanes of at least 4 members (excludes halogenated alkanes) is 30. The van der Waals surface area contributed by atoms with E-state index in [1.165, 1.54) is 193 Å². The van der Waals surface area contributed by atoms with Crippen LogP contribution in [0.3, 0.4) is 0 Å². The van der Waals surface area contributed by atoms with Gasteiger partial charge in [0.25, 0.3) is 5.91 Å². The highest BCUT2D eigenvalue weighted by Crippen LogP contribution is 2.17. The monoisotopic (exact) mass is 670 g/mol. The van der Waals surface area contributed by atoms with Crippen molar-refractivity contribution < 1.29 is 14.7 Å². The molecule has 1 aromatic carbocycles. The summed E-state index contributed by atoms with van der Waals surface area (Å²) in [5.74, 6) is -0.902. The molecular formula is C44H79NO3. The number of nitrogens with zero attached hydrogens (tertiary/aromatic N) is 1. The Bertz CT molecular complexity index is 815. The zero-order valence-electron chi connectivity index (χ0n) is 32.1. The summed E-state index contributed by atoms with van der Waals surface area (Å²) in [6.07, 6.45) is 43.2. The van der Waals surface area contributed by atoms with Crippen LogP contribution in [0.15, 0.2) is 24.3 Å². The molecule has 0 aromatic heterocycles. The molecule has 1 N–H and O–H groups in total. The van der Waals surface area contributed by atoms with Gasteiger partial charge in [0.1, 0.15) is 0 Å². The average Bonchev–Trinajstić information content (AvgIpc) is 3.10. The molecule has 1 aromatic rings. The first kappa shape index (κ1) is 44.2. The van der Waals surface area contributed by atoms with Gasteiger partial charge < -0.3 is 10.0 Å². The van der Waals surface area contributed by atoms with Crippen LogP contribution < -0.4 is 0 Å². The molecule has 0 bridgehead atoms. The summed E-state index contributed by atoms with van der Waals surface area (Å²) in [4.78, 5) is 26.7. The SMILES string of the molecule is CCCCCCCCCCCCCCCCCCN(CCCCCCCCCCCCCCCCCC)C(=O)c1ccc(C(=O)O)cc1. The Hall–Kier alpha value is -1.84. The molecule has 1 rings (SSSR count). The fourth-order valence-electron chi connectivity index (χ4n) is 6.95. The van der Waals surface area contributed by atoms with E-state index >= 15 is 0 Å². The van der Waals surface area contributed by atoms with Gasteiger partial charge in [-0.25, -0.2) is 4.79 Å². The second kappa shape index (κ2) is 33.6. The van der Waals surface area contributed by atoms with Crippen molar-refractivity contribution in [3.63, 3.8) is 0 Å². The van der Waals surface area contributed by atoms with E-state index in [2.05, 4.69) is 13.8 Å². The summed E-state index contributed by atoms with van der Waals surface area (Å²) in [6, 6.07) is 6.47. The summed E-state index contributed by atoms with van der Waals surface area (Å²) in [6.45, 7) is 6.18.